The molecule has 5 heterocycles. The van der Waals surface area contributed by atoms with E-state index in [9.17, 15) is 0 Å². The first kappa shape index (κ1) is 102. The van der Waals surface area contributed by atoms with Crippen LogP contribution >= 0.6 is 0 Å². The van der Waals surface area contributed by atoms with Crippen molar-refractivity contribution in [3.63, 3.8) is 0 Å². The third-order valence-corrected chi connectivity index (χ3v) is 25.1. The maximum atomic E-state index is 6.96. The summed E-state index contributed by atoms with van der Waals surface area (Å²) in [6.07, 6.45) is 66.0. The van der Waals surface area contributed by atoms with Crippen molar-refractivity contribution in [3.05, 3.63) is 206 Å². The zero-order valence-electron chi connectivity index (χ0n) is 80.0. The van der Waals surface area contributed by atoms with Gasteiger partial charge in [0, 0.05) is 97.9 Å². The molecule has 9 rings (SSSR count). The normalized spacial score (nSPS) is 12.1. The molecule has 4 aromatic heterocycles. The third kappa shape index (κ3) is 38.2. The van der Waals surface area contributed by atoms with Gasteiger partial charge in [-0.3, -0.25) is 0 Å². The van der Waals surface area contributed by atoms with Gasteiger partial charge in [-0.15, -0.1) is 6.58 Å². The summed E-state index contributed by atoms with van der Waals surface area (Å²) < 4.78 is 54.0. The largest absolute Gasteiger partial charge is 0.494 e. The van der Waals surface area contributed by atoms with E-state index in [2.05, 4.69) is 195 Å². The molecule has 0 unspecified atom stereocenters. The van der Waals surface area contributed by atoms with Gasteiger partial charge in [0.15, 0.2) is 0 Å². The molecule has 4 aromatic carbocycles. The second-order valence-electron chi connectivity index (χ2n) is 36.1. The highest BCUT2D eigenvalue weighted by Gasteiger charge is 2.23. The minimum Gasteiger partial charge on any atom is -0.494 e. The van der Waals surface area contributed by atoms with Crippen molar-refractivity contribution < 1.29 is 37.9 Å². The number of fused-ring (bicyclic) bond motifs is 8. The van der Waals surface area contributed by atoms with Crippen LogP contribution in [-0.4, -0.2) is 79.4 Å². The monoisotopic (exact) mass is 1720 g/mol. The zero-order chi connectivity index (χ0) is 88.2. The van der Waals surface area contributed by atoms with Gasteiger partial charge in [0.25, 0.3) is 0 Å². The molecule has 0 saturated heterocycles. The van der Waals surface area contributed by atoms with Crippen LogP contribution in [0.15, 0.2) is 140 Å². The van der Waals surface area contributed by atoms with Gasteiger partial charge in [0.1, 0.15) is 40.2 Å². The number of aromatic nitrogens is 4. The Morgan fingerprint density at radius 3 is 0.635 bits per heavy atom. The smallest absolute Gasteiger partial charge is 0.123 e. The lowest BCUT2D eigenvalue weighted by atomic mass is 10.0. The summed E-state index contributed by atoms with van der Waals surface area (Å²) in [4.78, 5) is 16.7. The van der Waals surface area contributed by atoms with Crippen LogP contribution in [0.1, 0.15) is 427 Å². The van der Waals surface area contributed by atoms with Crippen molar-refractivity contribution in [3.8, 4) is 40.2 Å². The molecule has 0 spiro atoms. The molecule has 8 bridgehead atoms. The predicted molar refractivity (Wildman–Crippen MR) is 532 cm³/mol. The molecule has 694 valence electrons. The third-order valence-electron chi connectivity index (χ3n) is 25.1. The highest BCUT2D eigenvalue weighted by Crippen LogP contribution is 2.37. The molecule has 1 aliphatic rings. The molecule has 12 heteroatoms. The number of H-pyrrole nitrogens is 4. The fraction of sp³-hybridized carbons (Fsp3) is 0.596. The van der Waals surface area contributed by atoms with Crippen molar-refractivity contribution in [2.24, 2.45) is 0 Å². The van der Waals surface area contributed by atoms with Crippen LogP contribution in [-0.2, 0) is 4.74 Å². The lowest BCUT2D eigenvalue weighted by Crippen LogP contribution is -2.19. The molecule has 126 heavy (non-hydrogen) atoms. The molecule has 4 N–H and O–H groups in total. The molecule has 0 amide bonds. The molecule has 0 fully saturated rings. The van der Waals surface area contributed by atoms with Crippen LogP contribution in [0.25, 0.3) is 22.3 Å². The summed E-state index contributed by atoms with van der Waals surface area (Å²) in [6, 6.07) is 46.8. The molecule has 12 nitrogen and oxygen atoms in total. The number of nitrogens with one attached hydrogen (secondary N) is 4. The van der Waals surface area contributed by atoms with Crippen LogP contribution in [0.2, 0.25) is 0 Å². The molecule has 8 aromatic rings. The number of unbranched alkanes of at least 4 members (excludes halogenated alkanes) is 45. The number of rotatable bonds is 75. The van der Waals surface area contributed by atoms with Gasteiger partial charge < -0.3 is 57.8 Å². The van der Waals surface area contributed by atoms with Gasteiger partial charge in [0.2, 0.25) is 0 Å². The summed E-state index contributed by atoms with van der Waals surface area (Å²) in [6.45, 7) is 23.6. The van der Waals surface area contributed by atoms with E-state index < -0.39 is 0 Å². The second-order valence-corrected chi connectivity index (χ2v) is 36.1. The first-order valence-electron chi connectivity index (χ1n) is 51.7. The highest BCUT2D eigenvalue weighted by atomic mass is 16.5. The summed E-state index contributed by atoms with van der Waals surface area (Å²) >= 11 is 0. The van der Waals surface area contributed by atoms with E-state index >= 15 is 0 Å². The van der Waals surface area contributed by atoms with Gasteiger partial charge >= 0.3 is 0 Å². The van der Waals surface area contributed by atoms with Crippen LogP contribution < -0.4 is 54.6 Å². The number of hydrogen-bond donors (Lipinski definition) is 4. The van der Waals surface area contributed by atoms with E-state index in [1.807, 2.05) is 6.08 Å². The van der Waals surface area contributed by atoms with Gasteiger partial charge in [0.05, 0.1) is 46.2 Å². The first-order chi connectivity index (χ1) is 62.3. The Kier molecular flexibility index (Phi) is 51.3. The van der Waals surface area contributed by atoms with Gasteiger partial charge in [-0.2, -0.15) is 0 Å². The quantitative estimate of drug-likeness (QED) is 0.0219. The maximum Gasteiger partial charge on any atom is 0.123 e. The predicted octanol–water partition coefficient (Wildman–Crippen LogP) is 30.0. The Balaban J connectivity index is 1.23. The Hall–Kier alpha value is -8.22. The van der Waals surface area contributed by atoms with Crippen molar-refractivity contribution in [1.29, 1.82) is 0 Å². The van der Waals surface area contributed by atoms with E-state index in [1.165, 1.54) is 231 Å². The van der Waals surface area contributed by atoms with E-state index in [-0.39, 0.29) is 0 Å². The molecule has 0 radical (unpaired) electrons. The average molecular weight is 1720 g/mol. The van der Waals surface area contributed by atoms with Crippen LogP contribution in [0.3, 0.4) is 0 Å². The van der Waals surface area contributed by atoms with Crippen molar-refractivity contribution in [2.75, 3.05) is 59.5 Å². The first-order valence-corrected chi connectivity index (χ1v) is 51.7. The SMILES string of the molecule is C=CCCOCCCCCCOc1ccc(C2=c3ccc([nH]3)=C(c3cc(OCCCCCCCCCC)cc(OCCCCCCCCCC)c3)c3ccc([nH]3)C(c3cc(OCCCCCCCCCC)cc(OCCCCCCCCCC)c3)=c3ccc([nH]3)=C(c3cc(OCCCCCCCCCC)cc(OCCCCCCCCCC)c3)c3ccc2[nH]3)cc1. The molecule has 0 aliphatic carbocycles. The van der Waals surface area contributed by atoms with Crippen LogP contribution in [0, 0.1) is 0 Å². The maximum absolute atomic E-state index is 6.96. The number of ether oxygens (including phenoxy) is 8. The van der Waals surface area contributed by atoms with Crippen molar-refractivity contribution in [1.82, 2.24) is 19.9 Å². The van der Waals surface area contributed by atoms with Gasteiger partial charge in [-0.05, 0) is 184 Å². The second kappa shape index (κ2) is 63.7. The fourth-order valence-electron chi connectivity index (χ4n) is 17.6. The average Bonchev–Trinajstić information content (AvgIpc) is 1.61. The standard InChI is InChI=1S/C114H170N4O8/c1-8-15-22-28-34-40-46-55-77-121-97-83-93(84-98(89-97)122-78-56-47-41-35-29-23-16-9-2)112-105-68-66-103(115-105)111(92-62-64-96(65-63-92)120-76-61-53-52-54-75-119-74-21-14-7)104-67-69-106(116-104)113(94-85-99(123-79-57-48-42-36-30-24-17-10-3)90-100(86-94)124-80-58-49-43-37-31-25-18-11-4)108-71-73-110(118-108)114(109-72-70-107(112)117-109)95-87-101(125-81-59-50-44-38-32-26-19-12-5)91-102(88-95)126-82-60-51-45-39-33-27-20-13-6/h14,62-73,83-91,115-118H,7-13,15-61,74-82H2,1-6H3. The van der Waals surface area contributed by atoms with Gasteiger partial charge in [-0.1, -0.05) is 336 Å². The van der Waals surface area contributed by atoms with Crippen LogP contribution in [0.5, 0.6) is 40.2 Å². The summed E-state index contributed by atoms with van der Waals surface area (Å²) in [7, 11) is 0. The summed E-state index contributed by atoms with van der Waals surface area (Å²) in [5.74, 6) is 5.69. The molecule has 0 atom stereocenters. The van der Waals surface area contributed by atoms with E-state index in [0.717, 1.165) is 251 Å². The molecule has 0 saturated carbocycles. The minimum atomic E-state index is 0.629. The van der Waals surface area contributed by atoms with E-state index in [4.69, 9.17) is 37.9 Å². The van der Waals surface area contributed by atoms with Crippen LogP contribution in [0.4, 0.5) is 0 Å². The molecule has 1 aliphatic heterocycles. The molecular weight excluding hydrogens is 1550 g/mol. The number of aromatic amines is 4. The Labute approximate surface area is 763 Å². The lowest BCUT2D eigenvalue weighted by molar-refractivity contribution is 0.134. The zero-order valence-corrected chi connectivity index (χ0v) is 80.0. The number of benzene rings is 4. The minimum absolute atomic E-state index is 0.629. The highest BCUT2D eigenvalue weighted by molar-refractivity contribution is 5.86. The van der Waals surface area contributed by atoms with E-state index in [1.54, 1.807) is 0 Å². The Morgan fingerprint density at radius 2 is 0.405 bits per heavy atom. The summed E-state index contributed by atoms with van der Waals surface area (Å²) in [5, 5.41) is 3.78. The number of hydrogen-bond acceptors (Lipinski definition) is 8. The van der Waals surface area contributed by atoms with Crippen molar-refractivity contribution >= 4 is 22.3 Å². The van der Waals surface area contributed by atoms with E-state index in [0.29, 0.717) is 46.2 Å². The Morgan fingerprint density at radius 1 is 0.198 bits per heavy atom. The fourth-order valence-corrected chi connectivity index (χ4v) is 17.6. The molecular formula is C114H170N4O8. The lowest BCUT2D eigenvalue weighted by Gasteiger charge is -2.15. The van der Waals surface area contributed by atoms with Crippen molar-refractivity contribution in [2.45, 2.75) is 382 Å². The summed E-state index contributed by atoms with van der Waals surface area (Å²) in [5.41, 5.74) is 11.8. The van der Waals surface area contributed by atoms with Gasteiger partial charge in [-0.25, -0.2) is 0 Å². The Bertz CT molecular complexity index is 4340. The topological polar surface area (TPSA) is 137 Å².